The van der Waals surface area contributed by atoms with Gasteiger partial charge in [0.1, 0.15) is 12.3 Å². The van der Waals surface area contributed by atoms with Gasteiger partial charge in [-0.15, -0.1) is 0 Å². The minimum atomic E-state index is -1.13. The van der Waals surface area contributed by atoms with Gasteiger partial charge in [0.25, 0.3) is 17.7 Å². The molecule has 0 unspecified atom stereocenters. The number of para-hydroxylation sites is 2. The first-order valence-corrected chi connectivity index (χ1v) is 8.51. The van der Waals surface area contributed by atoms with Gasteiger partial charge in [-0.2, -0.15) is 0 Å². The van der Waals surface area contributed by atoms with E-state index in [0.29, 0.717) is 11.4 Å². The summed E-state index contributed by atoms with van der Waals surface area (Å²) in [5.74, 6) is -2.11. The minimum absolute atomic E-state index is 0.238. The predicted octanol–water partition coefficient (Wildman–Crippen LogP) is 1.86. The molecule has 0 aromatic heterocycles. The van der Waals surface area contributed by atoms with Crippen LogP contribution in [0.15, 0.2) is 48.5 Å². The average molecular weight is 382 g/mol. The number of carbonyl (C=O) groups excluding carboxylic acids is 4. The Balaban J connectivity index is 1.60. The Labute approximate surface area is 161 Å². The number of rotatable bonds is 6. The zero-order valence-electron chi connectivity index (χ0n) is 15.3. The Hall–Kier alpha value is -3.68. The van der Waals surface area contributed by atoms with Gasteiger partial charge in [-0.05, 0) is 31.2 Å². The maximum Gasteiger partial charge on any atom is 0.326 e. The highest BCUT2D eigenvalue weighted by Gasteiger charge is 2.37. The summed E-state index contributed by atoms with van der Waals surface area (Å²) in [7, 11) is 1.47. The Kier molecular flexibility index (Phi) is 5.39. The van der Waals surface area contributed by atoms with Crippen molar-refractivity contribution in [2.75, 3.05) is 19.0 Å². The summed E-state index contributed by atoms with van der Waals surface area (Å²) in [4.78, 5) is 49.8. The van der Waals surface area contributed by atoms with Gasteiger partial charge >= 0.3 is 5.97 Å². The van der Waals surface area contributed by atoms with E-state index >= 15 is 0 Å². The molecule has 1 heterocycles. The van der Waals surface area contributed by atoms with E-state index < -0.39 is 36.3 Å². The molecule has 2 aromatic carbocycles. The predicted molar refractivity (Wildman–Crippen MR) is 99.0 cm³/mol. The normalized spacial score (nSPS) is 13.7. The van der Waals surface area contributed by atoms with Crippen molar-refractivity contribution >= 4 is 29.4 Å². The maximum atomic E-state index is 12.3. The summed E-state index contributed by atoms with van der Waals surface area (Å²) >= 11 is 0. The second kappa shape index (κ2) is 7.91. The average Bonchev–Trinajstić information content (AvgIpc) is 2.93. The Morgan fingerprint density at radius 3 is 2.18 bits per heavy atom. The minimum Gasteiger partial charge on any atom is -0.495 e. The number of anilines is 1. The van der Waals surface area contributed by atoms with Crippen LogP contribution >= 0.6 is 0 Å². The summed E-state index contributed by atoms with van der Waals surface area (Å²) in [6.07, 6.45) is -1.13. The zero-order valence-corrected chi connectivity index (χ0v) is 15.3. The van der Waals surface area contributed by atoms with Crippen molar-refractivity contribution in [1.29, 1.82) is 0 Å². The second-order valence-electron chi connectivity index (χ2n) is 6.06. The summed E-state index contributed by atoms with van der Waals surface area (Å²) < 4.78 is 10.2. The van der Waals surface area contributed by atoms with Crippen molar-refractivity contribution in [3.63, 3.8) is 0 Å². The monoisotopic (exact) mass is 382 g/mol. The van der Waals surface area contributed by atoms with Crippen LogP contribution in [0.3, 0.4) is 0 Å². The number of imide groups is 1. The van der Waals surface area contributed by atoms with E-state index in [9.17, 15) is 19.2 Å². The van der Waals surface area contributed by atoms with E-state index in [1.54, 1.807) is 36.4 Å². The molecule has 144 valence electrons. The molecular weight excluding hydrogens is 364 g/mol. The van der Waals surface area contributed by atoms with Crippen LogP contribution < -0.4 is 10.1 Å². The molecule has 3 rings (SSSR count). The molecule has 0 saturated heterocycles. The number of hydrogen-bond donors (Lipinski definition) is 1. The molecular formula is C20H18N2O6. The first-order chi connectivity index (χ1) is 13.4. The molecule has 1 atom stereocenters. The van der Waals surface area contributed by atoms with Crippen molar-refractivity contribution in [2.24, 2.45) is 0 Å². The van der Waals surface area contributed by atoms with Crippen LogP contribution in [-0.4, -0.2) is 48.3 Å². The van der Waals surface area contributed by atoms with E-state index in [2.05, 4.69) is 5.32 Å². The standard InChI is InChI=1S/C20H18N2O6/c1-12(18(24)21-15-9-5-6-10-16(15)27-2)28-17(23)11-22-19(25)13-7-3-4-8-14(13)20(22)26/h3-10,12H,11H2,1-2H3,(H,21,24)/t12-/m1/s1. The number of amides is 3. The lowest BCUT2D eigenvalue weighted by Crippen LogP contribution is -2.38. The number of nitrogens with zero attached hydrogens (tertiary/aromatic N) is 1. The van der Waals surface area contributed by atoms with Crippen LogP contribution in [-0.2, 0) is 14.3 Å². The number of hydrogen-bond acceptors (Lipinski definition) is 6. The molecule has 0 bridgehead atoms. The molecule has 0 fully saturated rings. The van der Waals surface area contributed by atoms with E-state index in [1.807, 2.05) is 0 Å². The van der Waals surface area contributed by atoms with Crippen molar-refractivity contribution in [3.05, 3.63) is 59.7 Å². The van der Waals surface area contributed by atoms with Crippen LogP contribution in [0.1, 0.15) is 27.6 Å². The van der Waals surface area contributed by atoms with Gasteiger partial charge in [0.15, 0.2) is 6.10 Å². The van der Waals surface area contributed by atoms with Gasteiger partial charge in [-0.1, -0.05) is 24.3 Å². The fourth-order valence-corrected chi connectivity index (χ4v) is 2.78. The Morgan fingerprint density at radius 1 is 1.00 bits per heavy atom. The number of carbonyl (C=O) groups is 4. The van der Waals surface area contributed by atoms with Gasteiger partial charge in [0, 0.05) is 0 Å². The molecule has 3 amide bonds. The van der Waals surface area contributed by atoms with Crippen molar-refractivity contribution < 1.29 is 28.7 Å². The molecule has 1 aliphatic heterocycles. The lowest BCUT2D eigenvalue weighted by molar-refractivity contribution is -0.153. The van der Waals surface area contributed by atoms with Gasteiger partial charge in [-0.25, -0.2) is 0 Å². The Morgan fingerprint density at radius 2 is 1.57 bits per heavy atom. The van der Waals surface area contributed by atoms with Crippen LogP contribution in [0.4, 0.5) is 5.69 Å². The first-order valence-electron chi connectivity index (χ1n) is 8.51. The van der Waals surface area contributed by atoms with Gasteiger partial charge < -0.3 is 14.8 Å². The molecule has 0 saturated carbocycles. The van der Waals surface area contributed by atoms with E-state index in [4.69, 9.17) is 9.47 Å². The summed E-state index contributed by atoms with van der Waals surface area (Å²) in [5.41, 5.74) is 0.905. The quantitative estimate of drug-likeness (QED) is 0.604. The lowest BCUT2D eigenvalue weighted by atomic mass is 10.1. The SMILES string of the molecule is COc1ccccc1NC(=O)[C@@H](C)OC(=O)CN1C(=O)c2ccccc2C1=O. The lowest BCUT2D eigenvalue weighted by Gasteiger charge is -2.17. The van der Waals surface area contributed by atoms with Gasteiger partial charge in [-0.3, -0.25) is 24.1 Å². The molecule has 0 spiro atoms. The third-order valence-electron chi connectivity index (χ3n) is 4.21. The molecule has 2 aromatic rings. The van der Waals surface area contributed by atoms with E-state index in [0.717, 1.165) is 4.90 Å². The smallest absolute Gasteiger partial charge is 0.326 e. The van der Waals surface area contributed by atoms with Crippen molar-refractivity contribution in [1.82, 2.24) is 4.90 Å². The summed E-state index contributed by atoms with van der Waals surface area (Å²) in [6.45, 7) is 0.823. The summed E-state index contributed by atoms with van der Waals surface area (Å²) in [5, 5.41) is 2.60. The van der Waals surface area contributed by atoms with E-state index in [-0.39, 0.29) is 11.1 Å². The third-order valence-corrected chi connectivity index (χ3v) is 4.21. The number of nitrogens with one attached hydrogen (secondary N) is 1. The highest BCUT2D eigenvalue weighted by atomic mass is 16.5. The number of methoxy groups -OCH3 is 1. The molecule has 0 aliphatic carbocycles. The fourth-order valence-electron chi connectivity index (χ4n) is 2.78. The van der Waals surface area contributed by atoms with Crippen LogP contribution in [0.2, 0.25) is 0 Å². The van der Waals surface area contributed by atoms with E-state index in [1.165, 1.54) is 26.2 Å². The molecule has 1 aliphatic rings. The third kappa shape index (κ3) is 3.71. The number of ether oxygens (including phenoxy) is 2. The zero-order chi connectivity index (χ0) is 20.3. The number of esters is 1. The fraction of sp³-hybridized carbons (Fsp3) is 0.200. The molecule has 28 heavy (non-hydrogen) atoms. The summed E-state index contributed by atoms with van der Waals surface area (Å²) in [6, 6.07) is 13.1. The molecule has 1 N–H and O–H groups in total. The largest absolute Gasteiger partial charge is 0.495 e. The number of fused-ring (bicyclic) bond motifs is 1. The van der Waals surface area contributed by atoms with Crippen LogP contribution in [0, 0.1) is 0 Å². The second-order valence-corrected chi connectivity index (χ2v) is 6.06. The highest BCUT2D eigenvalue weighted by molar-refractivity contribution is 6.22. The van der Waals surface area contributed by atoms with Crippen LogP contribution in [0.5, 0.6) is 5.75 Å². The van der Waals surface area contributed by atoms with Gasteiger partial charge in [0.05, 0.1) is 23.9 Å². The highest BCUT2D eigenvalue weighted by Crippen LogP contribution is 2.24. The topological polar surface area (TPSA) is 102 Å². The molecule has 8 heteroatoms. The Bertz CT molecular complexity index is 920. The van der Waals surface area contributed by atoms with Crippen LogP contribution in [0.25, 0.3) is 0 Å². The maximum absolute atomic E-state index is 12.3. The first kappa shape index (κ1) is 19.1. The van der Waals surface area contributed by atoms with Crippen molar-refractivity contribution in [3.8, 4) is 5.75 Å². The van der Waals surface area contributed by atoms with Crippen molar-refractivity contribution in [2.45, 2.75) is 13.0 Å². The number of benzene rings is 2. The molecule has 8 nitrogen and oxygen atoms in total. The van der Waals surface area contributed by atoms with Gasteiger partial charge in [0.2, 0.25) is 0 Å². The molecule has 0 radical (unpaired) electrons.